The number of ether oxygens (including phenoxy) is 1. The minimum Gasteiger partial charge on any atom is -0.399 e. The first-order valence-corrected chi connectivity index (χ1v) is 5.06. The minimum absolute atomic E-state index is 0.731. The molecule has 3 nitrogen and oxygen atoms in total. The van der Waals surface area contributed by atoms with Gasteiger partial charge in [-0.15, -0.1) is 0 Å². The first-order chi connectivity index (χ1) is 7.22. The highest BCUT2D eigenvalue weighted by Crippen LogP contribution is 2.21. The Morgan fingerprint density at radius 1 is 1.33 bits per heavy atom. The third-order valence-corrected chi connectivity index (χ3v) is 2.65. The molecule has 0 bridgehead atoms. The molecule has 0 aliphatic carbocycles. The Labute approximate surface area is 89.4 Å². The van der Waals surface area contributed by atoms with E-state index in [1.54, 1.807) is 7.11 Å². The molecular formula is C12H16N2O. The first-order valence-electron chi connectivity index (χ1n) is 5.06. The summed E-state index contributed by atoms with van der Waals surface area (Å²) in [5, 5.41) is 1.20. The van der Waals surface area contributed by atoms with E-state index in [4.69, 9.17) is 10.5 Å². The Kier molecular flexibility index (Phi) is 2.64. The van der Waals surface area contributed by atoms with Crippen molar-refractivity contribution in [3.8, 4) is 0 Å². The van der Waals surface area contributed by atoms with Crippen LogP contribution >= 0.6 is 0 Å². The van der Waals surface area contributed by atoms with Gasteiger partial charge in [-0.3, -0.25) is 0 Å². The van der Waals surface area contributed by atoms with Crippen molar-refractivity contribution in [1.29, 1.82) is 0 Å². The zero-order valence-corrected chi connectivity index (χ0v) is 9.16. The summed E-state index contributed by atoms with van der Waals surface area (Å²) in [7, 11) is 1.72. The number of hydrogen-bond donors (Lipinski definition) is 1. The molecule has 15 heavy (non-hydrogen) atoms. The number of anilines is 1. The van der Waals surface area contributed by atoms with Gasteiger partial charge in [0.1, 0.15) is 0 Å². The van der Waals surface area contributed by atoms with E-state index in [9.17, 15) is 0 Å². The van der Waals surface area contributed by atoms with Crippen LogP contribution in [-0.4, -0.2) is 18.3 Å². The minimum atomic E-state index is 0.731. The van der Waals surface area contributed by atoms with E-state index in [0.717, 1.165) is 18.8 Å². The molecule has 0 atom stereocenters. The number of benzene rings is 1. The van der Waals surface area contributed by atoms with Crippen molar-refractivity contribution in [2.75, 3.05) is 19.5 Å². The number of rotatable bonds is 3. The van der Waals surface area contributed by atoms with Crippen LogP contribution in [0.1, 0.15) is 5.69 Å². The quantitative estimate of drug-likeness (QED) is 0.778. The zero-order valence-electron chi connectivity index (χ0n) is 9.16. The first kappa shape index (κ1) is 10.1. The van der Waals surface area contributed by atoms with Crippen molar-refractivity contribution in [2.24, 2.45) is 0 Å². The fourth-order valence-corrected chi connectivity index (χ4v) is 1.91. The van der Waals surface area contributed by atoms with Gasteiger partial charge in [0.05, 0.1) is 6.61 Å². The highest BCUT2D eigenvalue weighted by molar-refractivity contribution is 5.84. The highest BCUT2D eigenvalue weighted by atomic mass is 16.5. The lowest BCUT2D eigenvalue weighted by atomic mass is 10.2. The van der Waals surface area contributed by atoms with E-state index in [1.165, 1.54) is 16.6 Å². The predicted molar refractivity (Wildman–Crippen MR) is 63.0 cm³/mol. The van der Waals surface area contributed by atoms with Crippen LogP contribution in [0.5, 0.6) is 0 Å². The molecule has 0 fully saturated rings. The lowest BCUT2D eigenvalue weighted by Gasteiger charge is -2.07. The van der Waals surface area contributed by atoms with Crippen LogP contribution in [0, 0.1) is 6.92 Å². The zero-order chi connectivity index (χ0) is 10.8. The summed E-state index contributed by atoms with van der Waals surface area (Å²) in [5.74, 6) is 0. The van der Waals surface area contributed by atoms with Gasteiger partial charge in [0, 0.05) is 35.9 Å². The molecule has 0 radical (unpaired) electrons. The molecule has 0 saturated heterocycles. The summed E-state index contributed by atoms with van der Waals surface area (Å²) in [4.78, 5) is 0. The molecule has 0 spiro atoms. The second kappa shape index (κ2) is 3.95. The van der Waals surface area contributed by atoms with Crippen LogP contribution < -0.4 is 5.73 Å². The van der Waals surface area contributed by atoms with Gasteiger partial charge in [-0.2, -0.15) is 0 Å². The monoisotopic (exact) mass is 204 g/mol. The van der Waals surface area contributed by atoms with Crippen LogP contribution in [0.25, 0.3) is 10.9 Å². The molecule has 2 N–H and O–H groups in total. The predicted octanol–water partition coefficient (Wildman–Crippen LogP) is 2.18. The third kappa shape index (κ3) is 1.83. The number of methoxy groups -OCH3 is 1. The Morgan fingerprint density at radius 3 is 2.87 bits per heavy atom. The third-order valence-electron chi connectivity index (χ3n) is 2.65. The van der Waals surface area contributed by atoms with Gasteiger partial charge < -0.3 is 15.0 Å². The average Bonchev–Trinajstić information content (AvgIpc) is 2.50. The molecule has 0 aliphatic rings. The van der Waals surface area contributed by atoms with Gasteiger partial charge in [0.15, 0.2) is 0 Å². The molecule has 0 unspecified atom stereocenters. The summed E-state index contributed by atoms with van der Waals surface area (Å²) in [6, 6.07) is 8.16. The fraction of sp³-hybridized carbons (Fsp3) is 0.333. The fourth-order valence-electron chi connectivity index (χ4n) is 1.91. The number of hydrogen-bond acceptors (Lipinski definition) is 2. The molecule has 80 valence electrons. The van der Waals surface area contributed by atoms with Gasteiger partial charge in [-0.1, -0.05) is 0 Å². The number of fused-ring (bicyclic) bond motifs is 1. The Hall–Kier alpha value is -1.48. The molecule has 0 amide bonds. The van der Waals surface area contributed by atoms with Crippen molar-refractivity contribution < 1.29 is 4.74 Å². The number of nitrogens with zero attached hydrogens (tertiary/aromatic N) is 1. The Balaban J connectivity index is 2.48. The van der Waals surface area contributed by atoms with Crippen molar-refractivity contribution in [3.63, 3.8) is 0 Å². The molecule has 3 heteroatoms. The van der Waals surface area contributed by atoms with Gasteiger partial charge in [-0.05, 0) is 31.2 Å². The van der Waals surface area contributed by atoms with Crippen LogP contribution in [0.3, 0.4) is 0 Å². The van der Waals surface area contributed by atoms with Gasteiger partial charge >= 0.3 is 0 Å². The summed E-state index contributed by atoms with van der Waals surface area (Å²) in [5.41, 5.74) is 9.03. The largest absolute Gasteiger partial charge is 0.399 e. The van der Waals surface area contributed by atoms with Crippen molar-refractivity contribution in [1.82, 2.24) is 4.57 Å². The van der Waals surface area contributed by atoms with E-state index in [-0.39, 0.29) is 0 Å². The maximum absolute atomic E-state index is 5.75. The molecule has 1 heterocycles. The molecule has 2 aromatic rings. The van der Waals surface area contributed by atoms with Crippen molar-refractivity contribution in [2.45, 2.75) is 13.5 Å². The molecular weight excluding hydrogens is 188 g/mol. The van der Waals surface area contributed by atoms with E-state index < -0.39 is 0 Å². The SMILES string of the molecule is COCCn1c(C)cc2cc(N)ccc21. The van der Waals surface area contributed by atoms with Crippen LogP contribution in [0.4, 0.5) is 5.69 Å². The second-order valence-electron chi connectivity index (χ2n) is 3.75. The number of nitrogen functional groups attached to an aromatic ring is 1. The molecule has 1 aromatic heterocycles. The number of aryl methyl sites for hydroxylation is 1. The summed E-state index contributed by atoms with van der Waals surface area (Å²) in [6.07, 6.45) is 0. The number of aromatic nitrogens is 1. The summed E-state index contributed by atoms with van der Waals surface area (Å²) in [6.45, 7) is 3.72. The maximum atomic E-state index is 5.75. The topological polar surface area (TPSA) is 40.2 Å². The molecule has 2 rings (SSSR count). The van der Waals surface area contributed by atoms with Gasteiger partial charge in [0.2, 0.25) is 0 Å². The Bertz CT molecular complexity index is 474. The average molecular weight is 204 g/mol. The lowest BCUT2D eigenvalue weighted by molar-refractivity contribution is 0.188. The van der Waals surface area contributed by atoms with Gasteiger partial charge in [-0.25, -0.2) is 0 Å². The smallest absolute Gasteiger partial charge is 0.0642 e. The molecule has 1 aromatic carbocycles. The van der Waals surface area contributed by atoms with E-state index in [1.807, 2.05) is 12.1 Å². The van der Waals surface area contributed by atoms with Crippen LogP contribution in [-0.2, 0) is 11.3 Å². The van der Waals surface area contributed by atoms with E-state index in [0.29, 0.717) is 0 Å². The summed E-state index contributed by atoms with van der Waals surface area (Å²) < 4.78 is 7.35. The maximum Gasteiger partial charge on any atom is 0.0642 e. The van der Waals surface area contributed by atoms with Crippen LogP contribution in [0.2, 0.25) is 0 Å². The van der Waals surface area contributed by atoms with Crippen molar-refractivity contribution >= 4 is 16.6 Å². The second-order valence-corrected chi connectivity index (χ2v) is 3.75. The lowest BCUT2D eigenvalue weighted by Crippen LogP contribution is -2.05. The molecule has 0 saturated carbocycles. The normalized spacial score (nSPS) is 11.1. The van der Waals surface area contributed by atoms with Crippen LogP contribution in [0.15, 0.2) is 24.3 Å². The van der Waals surface area contributed by atoms with Gasteiger partial charge in [0.25, 0.3) is 0 Å². The highest BCUT2D eigenvalue weighted by Gasteiger charge is 2.04. The van der Waals surface area contributed by atoms with Crippen molar-refractivity contribution in [3.05, 3.63) is 30.0 Å². The van der Waals surface area contributed by atoms with E-state index >= 15 is 0 Å². The molecule has 0 aliphatic heterocycles. The standard InChI is InChI=1S/C12H16N2O/c1-9-7-10-8-11(13)3-4-12(10)14(9)5-6-15-2/h3-4,7-8H,5-6,13H2,1-2H3. The van der Waals surface area contributed by atoms with E-state index in [2.05, 4.69) is 23.6 Å². The summed E-state index contributed by atoms with van der Waals surface area (Å²) >= 11 is 0. The number of nitrogens with two attached hydrogens (primary N) is 1. The Morgan fingerprint density at radius 2 is 2.13 bits per heavy atom.